The molecule has 0 radical (unpaired) electrons. The number of aliphatic hydroxyl groups excluding tert-OH is 1. The molecule has 120 valence electrons. The molecule has 7 heteroatoms. The maximum atomic E-state index is 12.0. The monoisotopic (exact) mass is 315 g/mol. The Morgan fingerprint density at radius 1 is 1.38 bits per heavy atom. The summed E-state index contributed by atoms with van der Waals surface area (Å²) in [7, 11) is -0.499. The molecule has 0 amide bonds. The summed E-state index contributed by atoms with van der Waals surface area (Å²) < 4.78 is 25.2. The molecule has 0 saturated carbocycles. The van der Waals surface area contributed by atoms with Gasteiger partial charge >= 0.3 is 0 Å². The molecule has 1 atom stereocenters. The van der Waals surface area contributed by atoms with E-state index in [9.17, 15) is 8.42 Å². The zero-order chi connectivity index (χ0) is 16.0. The maximum absolute atomic E-state index is 12.0. The molecule has 1 aromatic rings. The molecule has 0 aliphatic rings. The molecule has 0 aromatic heterocycles. The number of nitrogens with one attached hydrogen (secondary N) is 1. The number of nitrogens with two attached hydrogens (primary N) is 1. The third-order valence-corrected chi connectivity index (χ3v) is 5.31. The van der Waals surface area contributed by atoms with Crippen LogP contribution in [0.25, 0.3) is 0 Å². The van der Waals surface area contributed by atoms with Crippen molar-refractivity contribution in [3.63, 3.8) is 0 Å². The molecule has 1 unspecified atom stereocenters. The van der Waals surface area contributed by atoms with E-state index in [2.05, 4.69) is 12.2 Å². The number of hydrogen-bond donors (Lipinski definition) is 3. The SMILES string of the molecule is CCC(CCO)CNc1ccc(S(=O)(=O)N(C)C)cc1N. The summed E-state index contributed by atoms with van der Waals surface area (Å²) in [6.45, 7) is 2.93. The van der Waals surface area contributed by atoms with Crippen molar-refractivity contribution < 1.29 is 13.5 Å². The van der Waals surface area contributed by atoms with Crippen LogP contribution in [0.2, 0.25) is 0 Å². The van der Waals surface area contributed by atoms with E-state index < -0.39 is 10.0 Å². The second-order valence-corrected chi connectivity index (χ2v) is 7.36. The number of nitrogen functional groups attached to an aromatic ring is 1. The summed E-state index contributed by atoms with van der Waals surface area (Å²) in [5, 5.41) is 12.2. The van der Waals surface area contributed by atoms with Gasteiger partial charge in [-0.2, -0.15) is 0 Å². The van der Waals surface area contributed by atoms with Crippen LogP contribution in [0, 0.1) is 5.92 Å². The fourth-order valence-corrected chi connectivity index (χ4v) is 2.90. The van der Waals surface area contributed by atoms with Gasteiger partial charge in [-0.3, -0.25) is 0 Å². The highest BCUT2D eigenvalue weighted by Gasteiger charge is 2.18. The number of sulfonamides is 1. The number of aliphatic hydroxyl groups is 1. The van der Waals surface area contributed by atoms with Gasteiger partial charge in [-0.25, -0.2) is 12.7 Å². The third-order valence-electron chi connectivity index (χ3n) is 3.50. The standard InChI is InChI=1S/C14H25N3O3S/c1-4-11(7-8-18)10-16-14-6-5-12(9-13(14)15)21(19,20)17(2)3/h5-6,9,11,16,18H,4,7-8,10,15H2,1-3H3. The Kier molecular flexibility index (Phi) is 6.44. The molecular formula is C14H25N3O3S. The number of anilines is 2. The summed E-state index contributed by atoms with van der Waals surface area (Å²) in [5.41, 5.74) is 7.04. The van der Waals surface area contributed by atoms with Crippen LogP contribution in [0.15, 0.2) is 23.1 Å². The van der Waals surface area contributed by atoms with Gasteiger partial charge in [0.2, 0.25) is 10.0 Å². The first-order valence-electron chi connectivity index (χ1n) is 6.99. The highest BCUT2D eigenvalue weighted by Crippen LogP contribution is 2.24. The molecule has 0 saturated heterocycles. The maximum Gasteiger partial charge on any atom is 0.242 e. The van der Waals surface area contributed by atoms with Crippen LogP contribution in [-0.2, 0) is 10.0 Å². The molecule has 0 aliphatic carbocycles. The Bertz CT molecular complexity index is 559. The number of benzene rings is 1. The van der Waals surface area contributed by atoms with E-state index in [1.165, 1.54) is 20.2 Å². The van der Waals surface area contributed by atoms with Crippen LogP contribution < -0.4 is 11.1 Å². The Balaban J connectivity index is 2.84. The van der Waals surface area contributed by atoms with E-state index >= 15 is 0 Å². The van der Waals surface area contributed by atoms with Crippen LogP contribution >= 0.6 is 0 Å². The van der Waals surface area contributed by atoms with Crippen LogP contribution in [0.1, 0.15) is 19.8 Å². The van der Waals surface area contributed by atoms with Crippen molar-refractivity contribution in [1.29, 1.82) is 0 Å². The minimum absolute atomic E-state index is 0.162. The number of nitrogens with zero attached hydrogens (tertiary/aromatic N) is 1. The van der Waals surface area contributed by atoms with E-state index in [-0.39, 0.29) is 11.5 Å². The Labute approximate surface area is 127 Å². The van der Waals surface area contributed by atoms with Gasteiger partial charge in [0, 0.05) is 27.2 Å². The molecule has 1 rings (SSSR count). The Morgan fingerprint density at radius 2 is 2.05 bits per heavy atom. The average Bonchev–Trinajstić information content (AvgIpc) is 2.44. The number of hydrogen-bond acceptors (Lipinski definition) is 5. The molecule has 21 heavy (non-hydrogen) atoms. The zero-order valence-corrected chi connectivity index (χ0v) is 13.7. The van der Waals surface area contributed by atoms with E-state index in [4.69, 9.17) is 10.8 Å². The summed E-state index contributed by atoms with van der Waals surface area (Å²) in [5.74, 6) is 0.361. The molecule has 0 heterocycles. The van der Waals surface area contributed by atoms with Gasteiger partial charge in [0.05, 0.1) is 16.3 Å². The first-order valence-corrected chi connectivity index (χ1v) is 8.43. The lowest BCUT2D eigenvalue weighted by atomic mass is 10.0. The Hall–Kier alpha value is -1.31. The first kappa shape index (κ1) is 17.7. The first-order chi connectivity index (χ1) is 9.82. The van der Waals surface area contributed by atoms with Gasteiger partial charge < -0.3 is 16.2 Å². The number of rotatable bonds is 8. The van der Waals surface area contributed by atoms with Gasteiger partial charge in [-0.1, -0.05) is 13.3 Å². The minimum atomic E-state index is -3.47. The van der Waals surface area contributed by atoms with E-state index in [1.807, 2.05) is 0 Å². The van der Waals surface area contributed by atoms with Crippen molar-refractivity contribution in [3.05, 3.63) is 18.2 Å². The average molecular weight is 315 g/mol. The molecule has 0 aliphatic heterocycles. The molecule has 0 spiro atoms. The van der Waals surface area contributed by atoms with Crippen LogP contribution in [-0.4, -0.2) is 45.1 Å². The molecule has 6 nitrogen and oxygen atoms in total. The van der Waals surface area contributed by atoms with Gasteiger partial charge in [0.15, 0.2) is 0 Å². The van der Waals surface area contributed by atoms with Gasteiger partial charge in [-0.15, -0.1) is 0 Å². The molecule has 4 N–H and O–H groups in total. The van der Waals surface area contributed by atoms with Crippen molar-refractivity contribution in [2.45, 2.75) is 24.7 Å². The molecular weight excluding hydrogens is 290 g/mol. The predicted molar refractivity (Wildman–Crippen MR) is 85.7 cm³/mol. The molecule has 0 bridgehead atoms. The third kappa shape index (κ3) is 4.59. The Morgan fingerprint density at radius 3 is 2.52 bits per heavy atom. The van der Waals surface area contributed by atoms with Gasteiger partial charge in [0.1, 0.15) is 0 Å². The van der Waals surface area contributed by atoms with E-state index in [0.29, 0.717) is 23.8 Å². The van der Waals surface area contributed by atoms with Crippen LogP contribution in [0.5, 0.6) is 0 Å². The lowest BCUT2D eigenvalue weighted by molar-refractivity contribution is 0.258. The second-order valence-electron chi connectivity index (χ2n) is 5.20. The van der Waals surface area contributed by atoms with Crippen molar-refractivity contribution in [2.75, 3.05) is 38.3 Å². The van der Waals surface area contributed by atoms with Crippen LogP contribution in [0.4, 0.5) is 11.4 Å². The smallest absolute Gasteiger partial charge is 0.242 e. The van der Waals surface area contributed by atoms with Crippen LogP contribution in [0.3, 0.4) is 0 Å². The normalized spacial score (nSPS) is 13.4. The summed E-state index contributed by atoms with van der Waals surface area (Å²) in [4.78, 5) is 0.179. The van der Waals surface area contributed by atoms with E-state index in [1.54, 1.807) is 12.1 Å². The molecule has 1 aromatic carbocycles. The lowest BCUT2D eigenvalue weighted by Gasteiger charge is -2.17. The fraction of sp³-hybridized carbons (Fsp3) is 0.571. The van der Waals surface area contributed by atoms with Crippen molar-refractivity contribution in [2.24, 2.45) is 5.92 Å². The highest BCUT2D eigenvalue weighted by molar-refractivity contribution is 7.89. The zero-order valence-electron chi connectivity index (χ0n) is 12.8. The predicted octanol–water partition coefficient (Wildman–Crippen LogP) is 1.34. The van der Waals surface area contributed by atoms with E-state index in [0.717, 1.165) is 17.1 Å². The largest absolute Gasteiger partial charge is 0.397 e. The van der Waals surface area contributed by atoms with Crippen molar-refractivity contribution in [3.8, 4) is 0 Å². The highest BCUT2D eigenvalue weighted by atomic mass is 32.2. The van der Waals surface area contributed by atoms with Crippen molar-refractivity contribution >= 4 is 21.4 Å². The topological polar surface area (TPSA) is 95.7 Å². The van der Waals surface area contributed by atoms with Crippen molar-refractivity contribution in [1.82, 2.24) is 4.31 Å². The second kappa shape index (κ2) is 7.63. The quantitative estimate of drug-likeness (QED) is 0.629. The molecule has 0 fully saturated rings. The summed E-state index contributed by atoms with van der Waals surface area (Å²) in [6, 6.07) is 4.68. The lowest BCUT2D eigenvalue weighted by Crippen LogP contribution is -2.22. The fourth-order valence-electron chi connectivity index (χ4n) is 1.96. The summed E-state index contributed by atoms with van der Waals surface area (Å²) in [6.07, 6.45) is 1.69. The van der Waals surface area contributed by atoms with Gasteiger partial charge in [0.25, 0.3) is 0 Å². The summed E-state index contributed by atoms with van der Waals surface area (Å²) >= 11 is 0. The minimum Gasteiger partial charge on any atom is -0.397 e. The van der Waals surface area contributed by atoms with Gasteiger partial charge in [-0.05, 0) is 30.5 Å².